The van der Waals surface area contributed by atoms with Crippen molar-refractivity contribution < 1.29 is 9.84 Å². The molecule has 6 heteroatoms. The van der Waals surface area contributed by atoms with Gasteiger partial charge in [-0.05, 0) is 37.0 Å². The maximum Gasteiger partial charge on any atom is 0.191 e. The van der Waals surface area contributed by atoms with Crippen LogP contribution < -0.4 is 4.74 Å². The molecule has 3 rings (SSSR count). The quantitative estimate of drug-likeness (QED) is 0.753. The number of aromatic nitrogens is 3. The average Bonchev–Trinajstić information content (AvgIpc) is 3.35. The van der Waals surface area contributed by atoms with Crippen LogP contribution in [-0.2, 0) is 13.5 Å². The van der Waals surface area contributed by atoms with E-state index in [-0.39, 0.29) is 6.61 Å². The van der Waals surface area contributed by atoms with Crippen LogP contribution in [0.4, 0.5) is 0 Å². The van der Waals surface area contributed by atoms with Crippen LogP contribution in [-0.4, -0.2) is 38.3 Å². The van der Waals surface area contributed by atoms with E-state index in [0.717, 1.165) is 23.2 Å². The summed E-state index contributed by atoms with van der Waals surface area (Å²) in [6.45, 7) is 2.41. The molecule has 0 aliphatic heterocycles. The van der Waals surface area contributed by atoms with Crippen LogP contribution >= 0.6 is 11.8 Å². The van der Waals surface area contributed by atoms with Crippen molar-refractivity contribution in [3.05, 3.63) is 35.7 Å². The Hall–Kier alpha value is -1.53. The van der Waals surface area contributed by atoms with Crippen molar-refractivity contribution >= 4 is 11.8 Å². The molecule has 1 N–H and O–H groups in total. The van der Waals surface area contributed by atoms with Gasteiger partial charge in [0.2, 0.25) is 0 Å². The first-order chi connectivity index (χ1) is 11.2. The van der Waals surface area contributed by atoms with E-state index in [0.29, 0.717) is 11.7 Å². The molecule has 1 aliphatic rings. The zero-order valence-electron chi connectivity index (χ0n) is 13.6. The molecule has 1 aromatic carbocycles. The summed E-state index contributed by atoms with van der Waals surface area (Å²) in [5.74, 6) is 2.99. The van der Waals surface area contributed by atoms with Gasteiger partial charge < -0.3 is 14.4 Å². The maximum atomic E-state index is 10.1. The first kappa shape index (κ1) is 16.3. The van der Waals surface area contributed by atoms with Gasteiger partial charge in [0, 0.05) is 18.7 Å². The highest BCUT2D eigenvalue weighted by atomic mass is 32.2. The number of rotatable bonds is 8. The van der Waals surface area contributed by atoms with Crippen LogP contribution in [0.15, 0.2) is 29.4 Å². The summed E-state index contributed by atoms with van der Waals surface area (Å²) in [5, 5.41) is 19.4. The first-order valence-electron chi connectivity index (χ1n) is 8.09. The molecule has 0 spiro atoms. The number of hydrogen-bond acceptors (Lipinski definition) is 5. The fraction of sp³-hybridized carbons (Fsp3) is 0.529. The fourth-order valence-corrected chi connectivity index (χ4v) is 3.20. The summed E-state index contributed by atoms with van der Waals surface area (Å²) in [5.41, 5.74) is 1.28. The predicted molar refractivity (Wildman–Crippen MR) is 91.0 cm³/mol. The Bertz CT molecular complexity index is 638. The minimum Gasteiger partial charge on any atom is -0.491 e. The molecule has 1 saturated carbocycles. The van der Waals surface area contributed by atoms with Crippen LogP contribution in [0.3, 0.4) is 0 Å². The van der Waals surface area contributed by atoms with Gasteiger partial charge in [-0.1, -0.05) is 30.8 Å². The van der Waals surface area contributed by atoms with Crippen molar-refractivity contribution in [1.82, 2.24) is 14.8 Å². The summed E-state index contributed by atoms with van der Waals surface area (Å²) in [7, 11) is 1.99. The van der Waals surface area contributed by atoms with Crippen molar-refractivity contribution in [2.75, 3.05) is 12.4 Å². The fourth-order valence-electron chi connectivity index (χ4n) is 2.38. The summed E-state index contributed by atoms with van der Waals surface area (Å²) in [6.07, 6.45) is 2.90. The lowest BCUT2D eigenvalue weighted by Gasteiger charge is -2.12. The van der Waals surface area contributed by atoms with Gasteiger partial charge in [-0.3, -0.25) is 0 Å². The van der Waals surface area contributed by atoms with Crippen LogP contribution in [0.5, 0.6) is 5.75 Å². The highest BCUT2D eigenvalue weighted by molar-refractivity contribution is 7.99. The lowest BCUT2D eigenvalue weighted by atomic mass is 10.2. The van der Waals surface area contributed by atoms with Gasteiger partial charge in [0.1, 0.15) is 18.2 Å². The second-order valence-electron chi connectivity index (χ2n) is 5.95. The molecular weight excluding hydrogens is 310 g/mol. The molecule has 0 saturated heterocycles. The van der Waals surface area contributed by atoms with Crippen molar-refractivity contribution in [2.45, 2.75) is 43.4 Å². The van der Waals surface area contributed by atoms with Crippen LogP contribution in [0.25, 0.3) is 0 Å². The van der Waals surface area contributed by atoms with Crippen molar-refractivity contribution in [3.63, 3.8) is 0 Å². The van der Waals surface area contributed by atoms with E-state index >= 15 is 0 Å². The van der Waals surface area contributed by atoms with Gasteiger partial charge in [0.15, 0.2) is 5.16 Å². The Balaban J connectivity index is 1.44. The summed E-state index contributed by atoms with van der Waals surface area (Å²) in [4.78, 5) is 0. The molecular formula is C17H23N3O2S. The van der Waals surface area contributed by atoms with E-state index < -0.39 is 6.10 Å². The topological polar surface area (TPSA) is 60.2 Å². The minimum atomic E-state index is -0.535. The number of aryl methyl sites for hydroxylation is 1. The first-order valence-corrected chi connectivity index (χ1v) is 9.07. The summed E-state index contributed by atoms with van der Waals surface area (Å²) >= 11 is 1.52. The second-order valence-corrected chi connectivity index (χ2v) is 6.93. The minimum absolute atomic E-state index is 0.284. The smallest absolute Gasteiger partial charge is 0.191 e. The van der Waals surface area contributed by atoms with Crippen molar-refractivity contribution in [2.24, 2.45) is 7.05 Å². The van der Waals surface area contributed by atoms with Crippen molar-refractivity contribution in [3.8, 4) is 5.75 Å². The third kappa shape index (κ3) is 4.26. The molecule has 23 heavy (non-hydrogen) atoms. The molecule has 1 atom stereocenters. The number of thioether (sulfide) groups is 1. The predicted octanol–water partition coefficient (Wildman–Crippen LogP) is 2.79. The molecule has 1 fully saturated rings. The molecule has 1 heterocycles. The average molecular weight is 333 g/mol. The lowest BCUT2D eigenvalue weighted by molar-refractivity contribution is 0.126. The van der Waals surface area contributed by atoms with E-state index in [9.17, 15) is 5.11 Å². The molecule has 124 valence electrons. The largest absolute Gasteiger partial charge is 0.491 e. The normalized spacial score (nSPS) is 15.6. The van der Waals surface area contributed by atoms with Gasteiger partial charge in [-0.2, -0.15) is 0 Å². The van der Waals surface area contributed by atoms with Crippen LogP contribution in [0.2, 0.25) is 0 Å². The van der Waals surface area contributed by atoms with E-state index in [4.69, 9.17) is 4.74 Å². The third-order valence-electron chi connectivity index (χ3n) is 3.99. The summed E-state index contributed by atoms with van der Waals surface area (Å²) < 4.78 is 7.67. The molecule has 0 bridgehead atoms. The van der Waals surface area contributed by atoms with Crippen LogP contribution in [0.1, 0.15) is 37.1 Å². The number of nitrogens with zero attached hydrogens (tertiary/aromatic N) is 3. The van der Waals surface area contributed by atoms with Crippen LogP contribution in [0, 0.1) is 0 Å². The number of aliphatic hydroxyl groups excluding tert-OH is 1. The van der Waals surface area contributed by atoms with E-state index in [1.54, 1.807) is 0 Å². The number of aliphatic hydroxyl groups is 1. The number of benzene rings is 1. The molecule has 5 nitrogen and oxygen atoms in total. The molecule has 0 amide bonds. The van der Waals surface area contributed by atoms with E-state index in [1.807, 2.05) is 23.7 Å². The Morgan fingerprint density at radius 3 is 2.70 bits per heavy atom. The van der Waals surface area contributed by atoms with Gasteiger partial charge in [-0.25, -0.2) is 0 Å². The van der Waals surface area contributed by atoms with E-state index in [2.05, 4.69) is 29.3 Å². The number of ether oxygens (including phenoxy) is 1. The van der Waals surface area contributed by atoms with Gasteiger partial charge in [0.25, 0.3) is 0 Å². The maximum absolute atomic E-state index is 10.1. The Morgan fingerprint density at radius 2 is 2.04 bits per heavy atom. The molecule has 0 radical (unpaired) electrons. The zero-order valence-corrected chi connectivity index (χ0v) is 14.4. The molecule has 2 aromatic rings. The second kappa shape index (κ2) is 7.36. The monoisotopic (exact) mass is 333 g/mol. The SMILES string of the molecule is CCc1ccc(OC[C@H](O)CSc2nnc(C3CC3)n2C)cc1. The summed E-state index contributed by atoms with van der Waals surface area (Å²) in [6, 6.07) is 8.00. The Kier molecular flexibility index (Phi) is 5.23. The Morgan fingerprint density at radius 1 is 1.30 bits per heavy atom. The lowest BCUT2D eigenvalue weighted by Crippen LogP contribution is -2.20. The number of hydrogen-bond donors (Lipinski definition) is 1. The van der Waals surface area contributed by atoms with Gasteiger partial charge >= 0.3 is 0 Å². The zero-order chi connectivity index (χ0) is 16.2. The van der Waals surface area contributed by atoms with Gasteiger partial charge in [0.05, 0.1) is 6.10 Å². The molecule has 1 aliphatic carbocycles. The standard InChI is InChI=1S/C17H23N3O2S/c1-3-12-4-8-15(9-5-12)22-10-14(21)11-23-17-19-18-16(20(17)2)13-6-7-13/h4-5,8-9,13-14,21H,3,6-7,10-11H2,1-2H3/t14-/m0/s1. The third-order valence-corrected chi connectivity index (χ3v) is 5.16. The van der Waals surface area contributed by atoms with Crippen molar-refractivity contribution in [1.29, 1.82) is 0 Å². The van der Waals surface area contributed by atoms with E-state index in [1.165, 1.54) is 30.2 Å². The van der Waals surface area contributed by atoms with Gasteiger partial charge in [-0.15, -0.1) is 10.2 Å². The highest BCUT2D eigenvalue weighted by Gasteiger charge is 2.29. The molecule has 1 aromatic heterocycles. The Labute approximate surface area is 141 Å². The highest BCUT2D eigenvalue weighted by Crippen LogP contribution is 2.39. The molecule has 0 unspecified atom stereocenters.